The maximum Gasteiger partial charge on any atom is 0.0663 e. The lowest BCUT2D eigenvalue weighted by Crippen LogP contribution is -2.12. The van der Waals surface area contributed by atoms with E-state index in [-0.39, 0.29) is 6.04 Å². The van der Waals surface area contributed by atoms with Crippen LogP contribution in [-0.4, -0.2) is 0 Å². The molecule has 2 N–H and O–H groups in total. The summed E-state index contributed by atoms with van der Waals surface area (Å²) in [7, 11) is 0. The Morgan fingerprint density at radius 2 is 2.12 bits per heavy atom. The van der Waals surface area contributed by atoms with Crippen LogP contribution in [0, 0.1) is 6.92 Å². The second kappa shape index (κ2) is 4.88. The number of rotatable bonds is 2. The van der Waals surface area contributed by atoms with Crippen molar-refractivity contribution in [2.24, 2.45) is 5.73 Å². The van der Waals surface area contributed by atoms with Crippen molar-refractivity contribution < 1.29 is 0 Å². The molecule has 0 spiro atoms. The summed E-state index contributed by atoms with van der Waals surface area (Å²) in [5.74, 6) is 0. The Hall–Kier alpha value is -0.350. The van der Waals surface area contributed by atoms with Gasteiger partial charge in [-0.3, -0.25) is 0 Å². The molecule has 0 bridgehead atoms. The zero-order valence-electron chi connectivity index (χ0n) is 8.71. The average Bonchev–Trinajstić information content (AvgIpc) is 2.68. The van der Waals surface area contributed by atoms with Crippen molar-refractivity contribution in [3.8, 4) is 0 Å². The standard InChI is InChI=1S/C12H11BrClNS/c1-7-5-6-16-12(7)11(15)8-3-2-4-9(13)10(8)14/h2-6,11H,15H2,1H3. The number of thiophene rings is 1. The van der Waals surface area contributed by atoms with Gasteiger partial charge in [0.25, 0.3) is 0 Å². The van der Waals surface area contributed by atoms with Gasteiger partial charge in [-0.2, -0.15) is 0 Å². The van der Waals surface area contributed by atoms with E-state index in [1.807, 2.05) is 18.2 Å². The molecule has 0 aliphatic rings. The van der Waals surface area contributed by atoms with Gasteiger partial charge in [0.05, 0.1) is 11.1 Å². The predicted molar refractivity (Wildman–Crippen MR) is 74.2 cm³/mol. The molecule has 1 aromatic heterocycles. The Kier molecular flexibility index (Phi) is 3.70. The third-order valence-electron chi connectivity index (χ3n) is 2.50. The highest BCUT2D eigenvalue weighted by Crippen LogP contribution is 2.34. The summed E-state index contributed by atoms with van der Waals surface area (Å²) in [4.78, 5) is 1.17. The minimum absolute atomic E-state index is 0.148. The molecule has 1 nitrogen and oxygen atoms in total. The molecule has 2 rings (SSSR count). The fraction of sp³-hybridized carbons (Fsp3) is 0.167. The van der Waals surface area contributed by atoms with Gasteiger partial charge in [0.2, 0.25) is 0 Å². The van der Waals surface area contributed by atoms with Crippen molar-refractivity contribution in [2.75, 3.05) is 0 Å². The first-order valence-electron chi connectivity index (χ1n) is 4.84. The molecule has 0 fully saturated rings. The second-order valence-electron chi connectivity index (χ2n) is 3.59. The van der Waals surface area contributed by atoms with E-state index < -0.39 is 0 Å². The van der Waals surface area contributed by atoms with E-state index in [4.69, 9.17) is 17.3 Å². The third kappa shape index (κ3) is 2.18. The Labute approximate surface area is 112 Å². The van der Waals surface area contributed by atoms with Crippen LogP contribution >= 0.6 is 38.9 Å². The van der Waals surface area contributed by atoms with Crippen molar-refractivity contribution >= 4 is 38.9 Å². The molecule has 1 unspecified atom stereocenters. The maximum atomic E-state index is 6.24. The molecule has 16 heavy (non-hydrogen) atoms. The van der Waals surface area contributed by atoms with Crippen molar-refractivity contribution in [2.45, 2.75) is 13.0 Å². The van der Waals surface area contributed by atoms with Crippen molar-refractivity contribution in [1.29, 1.82) is 0 Å². The van der Waals surface area contributed by atoms with Gasteiger partial charge < -0.3 is 5.73 Å². The first-order valence-corrected chi connectivity index (χ1v) is 6.90. The smallest absolute Gasteiger partial charge is 0.0663 e. The predicted octanol–water partition coefficient (Wildman–Crippen LogP) is 4.52. The van der Waals surface area contributed by atoms with E-state index in [0.717, 1.165) is 10.0 Å². The van der Waals surface area contributed by atoms with Crippen LogP contribution in [0.1, 0.15) is 22.0 Å². The Morgan fingerprint density at radius 1 is 1.38 bits per heavy atom. The van der Waals surface area contributed by atoms with Crippen LogP contribution in [0.15, 0.2) is 34.1 Å². The molecule has 1 heterocycles. The van der Waals surface area contributed by atoms with Gasteiger partial charge in [-0.1, -0.05) is 23.7 Å². The van der Waals surface area contributed by atoms with Crippen LogP contribution in [0.4, 0.5) is 0 Å². The molecule has 0 amide bonds. The minimum Gasteiger partial charge on any atom is -0.320 e. The minimum atomic E-state index is -0.148. The molecular formula is C12H11BrClNS. The van der Waals surface area contributed by atoms with Gasteiger partial charge in [-0.25, -0.2) is 0 Å². The molecular weight excluding hydrogens is 306 g/mol. The summed E-state index contributed by atoms with van der Waals surface area (Å²) in [6.45, 7) is 2.07. The maximum absolute atomic E-state index is 6.24. The number of hydrogen-bond donors (Lipinski definition) is 1. The number of halogens is 2. The van der Waals surface area contributed by atoms with Crippen molar-refractivity contribution in [1.82, 2.24) is 0 Å². The third-order valence-corrected chi connectivity index (χ3v) is 4.91. The molecule has 0 saturated carbocycles. The molecule has 0 aliphatic carbocycles. The van der Waals surface area contributed by atoms with E-state index in [9.17, 15) is 0 Å². The van der Waals surface area contributed by atoms with Crippen LogP contribution in [0.2, 0.25) is 5.02 Å². The molecule has 0 radical (unpaired) electrons. The molecule has 4 heteroatoms. The highest BCUT2D eigenvalue weighted by atomic mass is 79.9. The fourth-order valence-electron chi connectivity index (χ4n) is 1.60. The quantitative estimate of drug-likeness (QED) is 0.866. The van der Waals surface area contributed by atoms with E-state index in [1.165, 1.54) is 10.4 Å². The topological polar surface area (TPSA) is 26.0 Å². The lowest BCUT2D eigenvalue weighted by atomic mass is 10.0. The normalized spacial score (nSPS) is 12.8. The Bertz CT molecular complexity index is 509. The summed E-state index contributed by atoms with van der Waals surface area (Å²) in [5, 5.41) is 2.75. The number of aryl methyl sites for hydroxylation is 1. The SMILES string of the molecule is Cc1ccsc1C(N)c1cccc(Br)c1Cl. The zero-order valence-corrected chi connectivity index (χ0v) is 11.9. The summed E-state index contributed by atoms with van der Waals surface area (Å²) in [6, 6.07) is 7.77. The van der Waals surface area contributed by atoms with Crippen LogP contribution in [0.3, 0.4) is 0 Å². The molecule has 1 atom stereocenters. The first-order chi connectivity index (χ1) is 7.61. The van der Waals surface area contributed by atoms with Crippen molar-refractivity contribution in [3.05, 3.63) is 55.1 Å². The summed E-state index contributed by atoms with van der Waals surface area (Å²) >= 11 is 11.3. The molecule has 0 saturated heterocycles. The number of benzene rings is 1. The van der Waals surface area contributed by atoms with Crippen LogP contribution in [0.5, 0.6) is 0 Å². The Balaban J connectivity index is 2.46. The lowest BCUT2D eigenvalue weighted by molar-refractivity contribution is 0.884. The van der Waals surface area contributed by atoms with E-state index in [1.54, 1.807) is 11.3 Å². The van der Waals surface area contributed by atoms with Gasteiger partial charge in [-0.05, 0) is 51.5 Å². The van der Waals surface area contributed by atoms with Gasteiger partial charge in [-0.15, -0.1) is 11.3 Å². The van der Waals surface area contributed by atoms with Gasteiger partial charge >= 0.3 is 0 Å². The van der Waals surface area contributed by atoms with Gasteiger partial charge in [0.15, 0.2) is 0 Å². The fourth-order valence-corrected chi connectivity index (χ4v) is 3.18. The van der Waals surface area contributed by atoms with E-state index >= 15 is 0 Å². The van der Waals surface area contributed by atoms with Gasteiger partial charge in [0, 0.05) is 9.35 Å². The number of nitrogens with two attached hydrogens (primary N) is 1. The van der Waals surface area contributed by atoms with E-state index in [2.05, 4.69) is 34.3 Å². The van der Waals surface area contributed by atoms with Crippen LogP contribution in [0.25, 0.3) is 0 Å². The molecule has 2 aromatic rings. The summed E-state index contributed by atoms with van der Waals surface area (Å²) in [6.07, 6.45) is 0. The number of hydrogen-bond acceptors (Lipinski definition) is 2. The summed E-state index contributed by atoms with van der Waals surface area (Å²) < 4.78 is 0.885. The lowest BCUT2D eigenvalue weighted by Gasteiger charge is -2.14. The second-order valence-corrected chi connectivity index (χ2v) is 5.77. The molecule has 0 aliphatic heterocycles. The highest BCUT2D eigenvalue weighted by molar-refractivity contribution is 9.10. The zero-order chi connectivity index (χ0) is 11.7. The molecule has 84 valence electrons. The molecule has 1 aromatic carbocycles. The van der Waals surface area contributed by atoms with Crippen LogP contribution < -0.4 is 5.73 Å². The monoisotopic (exact) mass is 315 g/mol. The first kappa shape index (κ1) is 12.1. The van der Waals surface area contributed by atoms with Crippen LogP contribution in [-0.2, 0) is 0 Å². The average molecular weight is 317 g/mol. The van der Waals surface area contributed by atoms with Gasteiger partial charge in [0.1, 0.15) is 0 Å². The largest absolute Gasteiger partial charge is 0.320 e. The summed E-state index contributed by atoms with van der Waals surface area (Å²) in [5.41, 5.74) is 8.41. The highest BCUT2D eigenvalue weighted by Gasteiger charge is 2.16. The Morgan fingerprint density at radius 3 is 2.75 bits per heavy atom. The van der Waals surface area contributed by atoms with Crippen molar-refractivity contribution in [3.63, 3.8) is 0 Å². The van der Waals surface area contributed by atoms with E-state index in [0.29, 0.717) is 5.02 Å².